The summed E-state index contributed by atoms with van der Waals surface area (Å²) in [4.78, 5) is 47.8. The number of carbonyl (C=O) groups is 3. The molecule has 36 heavy (non-hydrogen) atoms. The van der Waals surface area contributed by atoms with Crippen molar-refractivity contribution in [1.29, 1.82) is 0 Å². The minimum Gasteiger partial charge on any atom is -0.497 e. The van der Waals surface area contributed by atoms with E-state index in [0.29, 0.717) is 28.2 Å². The number of hydrogen-bond acceptors (Lipinski definition) is 7. The van der Waals surface area contributed by atoms with Crippen LogP contribution in [0.1, 0.15) is 21.7 Å². The number of anilines is 2. The van der Waals surface area contributed by atoms with Crippen molar-refractivity contribution in [3.8, 4) is 11.5 Å². The summed E-state index contributed by atoms with van der Waals surface area (Å²) in [7, 11) is 2.93. The number of aromatic nitrogens is 2. The average molecular weight is 485 g/mol. The van der Waals surface area contributed by atoms with E-state index in [1.54, 1.807) is 54.6 Å². The molecule has 0 aliphatic rings. The first-order valence-electron chi connectivity index (χ1n) is 11.1. The van der Waals surface area contributed by atoms with E-state index in [0.717, 1.165) is 5.56 Å². The molecule has 0 spiro atoms. The van der Waals surface area contributed by atoms with E-state index < -0.39 is 24.0 Å². The van der Waals surface area contributed by atoms with Crippen LogP contribution in [0, 0.1) is 6.92 Å². The topological polar surface area (TPSA) is 120 Å². The van der Waals surface area contributed by atoms with Crippen molar-refractivity contribution in [2.45, 2.75) is 13.3 Å². The fourth-order valence-electron chi connectivity index (χ4n) is 3.57. The summed E-state index contributed by atoms with van der Waals surface area (Å²) in [6, 6.07) is 19.1. The van der Waals surface area contributed by atoms with Crippen molar-refractivity contribution in [2.24, 2.45) is 0 Å². The molecular weight excluding hydrogens is 460 g/mol. The molecule has 2 amide bonds. The molecule has 0 atom stereocenters. The molecule has 4 rings (SSSR count). The van der Waals surface area contributed by atoms with Gasteiger partial charge in [-0.15, -0.1) is 0 Å². The van der Waals surface area contributed by atoms with Crippen LogP contribution in [-0.2, 0) is 16.0 Å². The highest BCUT2D eigenvalue weighted by molar-refractivity contribution is 6.41. The number of Topliss-reactive ketones (excluding diaryl/α,β-unsaturated/α-hetero) is 1. The Morgan fingerprint density at radius 2 is 1.50 bits per heavy atom. The molecule has 2 N–H and O–H groups in total. The number of hydrogen-bond donors (Lipinski definition) is 2. The van der Waals surface area contributed by atoms with Crippen molar-refractivity contribution in [3.05, 3.63) is 83.7 Å². The number of ketones is 1. The van der Waals surface area contributed by atoms with Gasteiger partial charge < -0.3 is 20.1 Å². The van der Waals surface area contributed by atoms with Gasteiger partial charge in [-0.2, -0.15) is 0 Å². The smallest absolute Gasteiger partial charge is 0.292 e. The molecule has 1 aromatic heterocycles. The highest BCUT2D eigenvalue weighted by atomic mass is 16.5. The monoisotopic (exact) mass is 484 g/mol. The summed E-state index contributed by atoms with van der Waals surface area (Å²) < 4.78 is 10.4. The maximum atomic E-state index is 13.2. The number of benzene rings is 3. The standard InChI is InChI=1S/C27H24N4O5/c1-16-8-4-5-9-18(16)30-27(34)25-22(28-19-10-6-7-11-20(19)29-25)15-23(32)26(33)31-21-14-17(35-2)12-13-24(21)36-3/h4-14H,15H2,1-3H3,(H,30,34)(H,31,33). The Labute approximate surface area is 207 Å². The van der Waals surface area contributed by atoms with Crippen molar-refractivity contribution < 1.29 is 23.9 Å². The van der Waals surface area contributed by atoms with E-state index in [1.807, 2.05) is 19.1 Å². The molecule has 0 unspecified atom stereocenters. The molecule has 0 fully saturated rings. The number of methoxy groups -OCH3 is 2. The number of aryl methyl sites for hydroxylation is 1. The molecule has 0 saturated carbocycles. The van der Waals surface area contributed by atoms with Crippen molar-refractivity contribution >= 4 is 40.0 Å². The lowest BCUT2D eigenvalue weighted by molar-refractivity contribution is -0.134. The number of para-hydroxylation sites is 3. The minimum atomic E-state index is -0.887. The van der Waals surface area contributed by atoms with Crippen LogP contribution in [0.3, 0.4) is 0 Å². The van der Waals surface area contributed by atoms with Gasteiger partial charge in [-0.05, 0) is 42.8 Å². The van der Waals surface area contributed by atoms with E-state index in [9.17, 15) is 14.4 Å². The Balaban J connectivity index is 1.62. The summed E-state index contributed by atoms with van der Waals surface area (Å²) >= 11 is 0. The normalized spacial score (nSPS) is 10.5. The lowest BCUT2D eigenvalue weighted by Gasteiger charge is -2.13. The highest BCUT2D eigenvalue weighted by Crippen LogP contribution is 2.29. The Morgan fingerprint density at radius 1 is 0.806 bits per heavy atom. The van der Waals surface area contributed by atoms with Crippen LogP contribution in [-0.4, -0.2) is 41.8 Å². The third kappa shape index (κ3) is 5.30. The van der Waals surface area contributed by atoms with Crippen molar-refractivity contribution in [2.75, 3.05) is 24.9 Å². The summed E-state index contributed by atoms with van der Waals surface area (Å²) in [6.45, 7) is 1.86. The predicted molar refractivity (Wildman–Crippen MR) is 136 cm³/mol. The molecule has 3 aromatic carbocycles. The first-order chi connectivity index (χ1) is 17.4. The van der Waals surface area contributed by atoms with Crippen LogP contribution in [0.2, 0.25) is 0 Å². The number of fused-ring (bicyclic) bond motifs is 1. The third-order valence-corrected chi connectivity index (χ3v) is 5.49. The first-order valence-corrected chi connectivity index (χ1v) is 11.1. The number of amides is 2. The van der Waals surface area contributed by atoms with Gasteiger partial charge in [-0.3, -0.25) is 14.4 Å². The Hall–Kier alpha value is -4.79. The number of rotatable bonds is 8. The van der Waals surface area contributed by atoms with Crippen LogP contribution in [0.25, 0.3) is 11.0 Å². The minimum absolute atomic E-state index is 0.0305. The lowest BCUT2D eigenvalue weighted by atomic mass is 10.1. The second-order valence-corrected chi connectivity index (χ2v) is 7.90. The van der Waals surface area contributed by atoms with E-state index >= 15 is 0 Å². The van der Waals surface area contributed by atoms with Gasteiger partial charge in [0.15, 0.2) is 5.69 Å². The van der Waals surface area contributed by atoms with Gasteiger partial charge in [0.1, 0.15) is 11.5 Å². The molecule has 0 saturated heterocycles. The van der Waals surface area contributed by atoms with Crippen molar-refractivity contribution in [1.82, 2.24) is 9.97 Å². The average Bonchev–Trinajstić information content (AvgIpc) is 2.89. The molecule has 1 heterocycles. The van der Waals surface area contributed by atoms with E-state index in [2.05, 4.69) is 20.6 Å². The SMILES string of the molecule is COc1ccc(OC)c(NC(=O)C(=O)Cc2nc3ccccc3nc2C(=O)Nc2ccccc2C)c1. The first kappa shape index (κ1) is 24.3. The number of ether oxygens (including phenoxy) is 2. The van der Waals surface area contributed by atoms with Gasteiger partial charge in [0.25, 0.3) is 11.8 Å². The van der Waals surface area contributed by atoms with E-state index in [1.165, 1.54) is 14.2 Å². The summed E-state index contributed by atoms with van der Waals surface area (Å²) in [5.41, 5.74) is 2.81. The predicted octanol–water partition coefficient (Wildman–Crippen LogP) is 3.96. The van der Waals surface area contributed by atoms with Crippen molar-refractivity contribution in [3.63, 3.8) is 0 Å². The quantitative estimate of drug-likeness (QED) is 0.363. The molecule has 4 aromatic rings. The van der Waals surface area contributed by atoms with Gasteiger partial charge in [-0.25, -0.2) is 9.97 Å². The number of nitrogens with zero attached hydrogens (tertiary/aromatic N) is 2. The fourth-order valence-corrected chi connectivity index (χ4v) is 3.57. The Kier molecular flexibility index (Phi) is 7.20. The molecule has 0 aliphatic heterocycles. The highest BCUT2D eigenvalue weighted by Gasteiger charge is 2.23. The maximum Gasteiger partial charge on any atom is 0.292 e. The Bertz CT molecular complexity index is 1470. The molecule has 0 radical (unpaired) electrons. The van der Waals surface area contributed by atoms with Gasteiger partial charge in [-0.1, -0.05) is 30.3 Å². The summed E-state index contributed by atoms with van der Waals surface area (Å²) in [5, 5.41) is 5.37. The largest absolute Gasteiger partial charge is 0.497 e. The third-order valence-electron chi connectivity index (χ3n) is 5.49. The zero-order valence-electron chi connectivity index (χ0n) is 20.0. The summed E-state index contributed by atoms with van der Waals surface area (Å²) in [5.74, 6) is -1.37. The second kappa shape index (κ2) is 10.6. The second-order valence-electron chi connectivity index (χ2n) is 7.90. The van der Waals surface area contributed by atoms with Crippen LogP contribution in [0.4, 0.5) is 11.4 Å². The molecular formula is C27H24N4O5. The van der Waals surface area contributed by atoms with Gasteiger partial charge in [0, 0.05) is 11.8 Å². The van der Waals surface area contributed by atoms with Crippen LogP contribution >= 0.6 is 0 Å². The molecule has 182 valence electrons. The summed E-state index contributed by atoms with van der Waals surface area (Å²) in [6.07, 6.45) is -0.424. The fraction of sp³-hybridized carbons (Fsp3) is 0.148. The molecule has 0 bridgehead atoms. The number of carbonyl (C=O) groups excluding carboxylic acids is 3. The van der Waals surface area contributed by atoms with E-state index in [-0.39, 0.29) is 17.1 Å². The van der Waals surface area contributed by atoms with Gasteiger partial charge in [0.05, 0.1) is 43.1 Å². The molecule has 9 heteroatoms. The zero-order valence-corrected chi connectivity index (χ0v) is 20.0. The van der Waals surface area contributed by atoms with Gasteiger partial charge >= 0.3 is 0 Å². The molecule has 0 aliphatic carbocycles. The van der Waals surface area contributed by atoms with Crippen LogP contribution in [0.15, 0.2) is 66.7 Å². The lowest BCUT2D eigenvalue weighted by Crippen LogP contribution is -2.27. The van der Waals surface area contributed by atoms with Crippen LogP contribution < -0.4 is 20.1 Å². The molecule has 9 nitrogen and oxygen atoms in total. The van der Waals surface area contributed by atoms with Gasteiger partial charge in [0.2, 0.25) is 5.78 Å². The number of nitrogens with one attached hydrogen (secondary N) is 2. The Morgan fingerprint density at radius 3 is 2.19 bits per heavy atom. The van der Waals surface area contributed by atoms with Crippen LogP contribution in [0.5, 0.6) is 11.5 Å². The van der Waals surface area contributed by atoms with E-state index in [4.69, 9.17) is 9.47 Å². The zero-order chi connectivity index (χ0) is 25.7. The maximum absolute atomic E-state index is 13.2.